The summed E-state index contributed by atoms with van der Waals surface area (Å²) in [6.45, 7) is 2.33. The van der Waals surface area contributed by atoms with Gasteiger partial charge in [0.25, 0.3) is 5.56 Å². The predicted octanol–water partition coefficient (Wildman–Crippen LogP) is 4.14. The van der Waals surface area contributed by atoms with E-state index in [4.69, 9.17) is 4.74 Å². The fraction of sp³-hybridized carbons (Fsp3) is 0.167. The molecule has 30 heavy (non-hydrogen) atoms. The maximum absolute atomic E-state index is 14.1. The number of fused-ring (bicyclic) bond motifs is 1. The van der Waals surface area contributed by atoms with E-state index in [1.54, 1.807) is 22.9 Å². The number of ether oxygens (including phenoxy) is 1. The van der Waals surface area contributed by atoms with E-state index in [2.05, 4.69) is 0 Å². The lowest BCUT2D eigenvalue weighted by Gasteiger charge is -2.10. The summed E-state index contributed by atoms with van der Waals surface area (Å²) in [6, 6.07) is 17.4. The third-order valence-electron chi connectivity index (χ3n) is 5.27. The lowest BCUT2D eigenvalue weighted by Crippen LogP contribution is -2.19. The molecule has 0 aliphatic carbocycles. The zero-order valence-corrected chi connectivity index (χ0v) is 16.8. The molecule has 2 aromatic heterocycles. The Kier molecular flexibility index (Phi) is 5.23. The van der Waals surface area contributed by atoms with Gasteiger partial charge in [-0.25, -0.2) is 4.39 Å². The average Bonchev–Trinajstić information content (AvgIpc) is 3.01. The van der Waals surface area contributed by atoms with E-state index >= 15 is 0 Å². The molecule has 2 heterocycles. The van der Waals surface area contributed by atoms with Gasteiger partial charge in [0.1, 0.15) is 12.4 Å². The third-order valence-corrected chi connectivity index (χ3v) is 5.27. The largest absolute Gasteiger partial charge is 0.468 e. The number of methoxy groups -OCH3 is 1. The quantitative estimate of drug-likeness (QED) is 0.470. The Balaban J connectivity index is 1.88. The van der Waals surface area contributed by atoms with Gasteiger partial charge in [-0.15, -0.1) is 0 Å². The van der Waals surface area contributed by atoms with Crippen LogP contribution < -0.4 is 5.56 Å². The van der Waals surface area contributed by atoms with E-state index in [0.717, 1.165) is 27.9 Å². The van der Waals surface area contributed by atoms with E-state index < -0.39 is 0 Å². The molecule has 152 valence electrons. The molecule has 0 atom stereocenters. The van der Waals surface area contributed by atoms with Gasteiger partial charge in [-0.1, -0.05) is 30.3 Å². The van der Waals surface area contributed by atoms with Crippen molar-refractivity contribution in [1.29, 1.82) is 0 Å². The van der Waals surface area contributed by atoms with Crippen LogP contribution in [0.2, 0.25) is 0 Å². The zero-order valence-electron chi connectivity index (χ0n) is 16.8. The highest BCUT2D eigenvalue weighted by atomic mass is 19.1. The van der Waals surface area contributed by atoms with Gasteiger partial charge in [-0.3, -0.25) is 9.59 Å². The minimum atomic E-state index is -0.389. The van der Waals surface area contributed by atoms with Crippen LogP contribution in [-0.2, 0) is 22.6 Å². The molecule has 0 spiro atoms. The number of esters is 1. The number of carbonyl (C=O) groups is 1. The molecule has 4 aromatic rings. The Morgan fingerprint density at radius 2 is 1.83 bits per heavy atom. The fourth-order valence-electron chi connectivity index (χ4n) is 3.80. The van der Waals surface area contributed by atoms with Crippen LogP contribution in [0.25, 0.3) is 22.0 Å². The molecule has 0 aliphatic rings. The summed E-state index contributed by atoms with van der Waals surface area (Å²) < 4.78 is 22.3. The second-order valence-corrected chi connectivity index (χ2v) is 7.15. The van der Waals surface area contributed by atoms with Gasteiger partial charge in [0, 0.05) is 40.0 Å². The van der Waals surface area contributed by atoms with Crippen LogP contribution in [0.1, 0.15) is 11.3 Å². The second kappa shape index (κ2) is 7.99. The minimum absolute atomic E-state index is 0.0219. The molecular formula is C24H21FN2O3. The average molecular weight is 404 g/mol. The van der Waals surface area contributed by atoms with Crippen molar-refractivity contribution < 1.29 is 13.9 Å². The molecule has 0 saturated heterocycles. The molecule has 4 rings (SSSR count). The maximum Gasteiger partial charge on any atom is 0.325 e. The van der Waals surface area contributed by atoms with Crippen molar-refractivity contribution in [3.63, 3.8) is 0 Å². The fourth-order valence-corrected chi connectivity index (χ4v) is 3.80. The molecule has 5 nitrogen and oxygen atoms in total. The van der Waals surface area contributed by atoms with Gasteiger partial charge in [0.15, 0.2) is 0 Å². The molecule has 0 amide bonds. The van der Waals surface area contributed by atoms with Crippen LogP contribution in [-0.4, -0.2) is 22.2 Å². The highest BCUT2D eigenvalue weighted by Gasteiger charge is 2.19. The molecule has 0 N–H and O–H groups in total. The van der Waals surface area contributed by atoms with E-state index in [1.807, 2.05) is 41.8 Å². The van der Waals surface area contributed by atoms with Crippen LogP contribution >= 0.6 is 0 Å². The molecular weight excluding hydrogens is 383 g/mol. The van der Waals surface area contributed by atoms with Crippen molar-refractivity contribution in [3.8, 4) is 11.1 Å². The lowest BCUT2D eigenvalue weighted by molar-refractivity contribution is -0.141. The zero-order chi connectivity index (χ0) is 21.3. The Hall–Kier alpha value is -3.67. The standard InChI is InChI=1S/C24H21FN2O3/c1-16-24(20-12-19(25)9-10-21(20)27(16)15-23(29)30-2)18-8-11-22(28)26(14-18)13-17-6-4-3-5-7-17/h3-12,14H,13,15H2,1-2H3. The summed E-state index contributed by atoms with van der Waals surface area (Å²) in [4.78, 5) is 24.4. The molecule has 2 aromatic carbocycles. The van der Waals surface area contributed by atoms with Crippen molar-refractivity contribution in [1.82, 2.24) is 9.13 Å². The summed E-state index contributed by atoms with van der Waals surface area (Å²) in [5, 5.41) is 0.682. The van der Waals surface area contributed by atoms with Crippen molar-refractivity contribution in [2.45, 2.75) is 20.0 Å². The normalized spacial score (nSPS) is 11.0. The summed E-state index contributed by atoms with van der Waals surface area (Å²) in [5.41, 5.74) is 3.98. The monoisotopic (exact) mass is 404 g/mol. The second-order valence-electron chi connectivity index (χ2n) is 7.15. The van der Waals surface area contributed by atoms with Crippen LogP contribution in [0.5, 0.6) is 0 Å². The topological polar surface area (TPSA) is 53.2 Å². The minimum Gasteiger partial charge on any atom is -0.468 e. The van der Waals surface area contributed by atoms with Gasteiger partial charge >= 0.3 is 5.97 Å². The van der Waals surface area contributed by atoms with Crippen molar-refractivity contribution in [2.24, 2.45) is 0 Å². The summed E-state index contributed by atoms with van der Waals surface area (Å²) in [5.74, 6) is -0.753. The van der Waals surface area contributed by atoms with Crippen LogP contribution in [0.4, 0.5) is 4.39 Å². The first kappa shape index (κ1) is 19.6. The number of hydrogen-bond donors (Lipinski definition) is 0. The van der Waals surface area contributed by atoms with E-state index in [9.17, 15) is 14.0 Å². The number of nitrogens with zero attached hydrogens (tertiary/aromatic N) is 2. The first-order valence-electron chi connectivity index (χ1n) is 9.58. The molecule has 0 unspecified atom stereocenters. The number of benzene rings is 2. The van der Waals surface area contributed by atoms with Gasteiger partial charge in [0.05, 0.1) is 13.7 Å². The van der Waals surface area contributed by atoms with Gasteiger partial charge in [-0.05, 0) is 36.8 Å². The Morgan fingerprint density at radius 1 is 1.07 bits per heavy atom. The van der Waals surface area contributed by atoms with Crippen molar-refractivity contribution >= 4 is 16.9 Å². The predicted molar refractivity (Wildman–Crippen MR) is 114 cm³/mol. The highest BCUT2D eigenvalue weighted by molar-refractivity contribution is 5.98. The van der Waals surface area contributed by atoms with Gasteiger partial charge < -0.3 is 13.9 Å². The van der Waals surface area contributed by atoms with E-state index in [-0.39, 0.29) is 23.9 Å². The first-order valence-corrected chi connectivity index (χ1v) is 9.58. The van der Waals surface area contributed by atoms with Gasteiger partial charge in [0.2, 0.25) is 0 Å². The number of rotatable bonds is 5. The number of pyridine rings is 1. The molecule has 6 heteroatoms. The van der Waals surface area contributed by atoms with Crippen LogP contribution in [0.15, 0.2) is 71.7 Å². The summed E-state index contributed by atoms with van der Waals surface area (Å²) in [6.07, 6.45) is 1.78. The third kappa shape index (κ3) is 3.64. The van der Waals surface area contributed by atoms with E-state index in [0.29, 0.717) is 11.9 Å². The highest BCUT2D eigenvalue weighted by Crippen LogP contribution is 2.35. The Morgan fingerprint density at radius 3 is 2.57 bits per heavy atom. The molecule has 0 aliphatic heterocycles. The van der Waals surface area contributed by atoms with E-state index in [1.165, 1.54) is 25.3 Å². The van der Waals surface area contributed by atoms with Crippen molar-refractivity contribution in [3.05, 3.63) is 94.3 Å². The lowest BCUT2D eigenvalue weighted by atomic mass is 10.0. The van der Waals surface area contributed by atoms with Crippen LogP contribution in [0, 0.1) is 12.7 Å². The number of halogens is 1. The summed E-state index contributed by atoms with van der Waals surface area (Å²) in [7, 11) is 1.34. The van der Waals surface area contributed by atoms with Crippen molar-refractivity contribution in [2.75, 3.05) is 7.11 Å². The number of carbonyl (C=O) groups excluding carboxylic acids is 1. The Bertz CT molecular complexity index is 1290. The molecule has 0 fully saturated rings. The summed E-state index contributed by atoms with van der Waals surface area (Å²) >= 11 is 0. The van der Waals surface area contributed by atoms with Gasteiger partial charge in [-0.2, -0.15) is 0 Å². The molecule has 0 bridgehead atoms. The number of hydrogen-bond acceptors (Lipinski definition) is 3. The van der Waals surface area contributed by atoms with Crippen LogP contribution in [0.3, 0.4) is 0 Å². The smallest absolute Gasteiger partial charge is 0.325 e. The first-order chi connectivity index (χ1) is 14.5. The maximum atomic E-state index is 14.1. The molecule has 0 radical (unpaired) electrons. The molecule has 0 saturated carbocycles. The number of aromatic nitrogens is 2. The SMILES string of the molecule is COC(=O)Cn1c(C)c(-c2ccc(=O)n(Cc3ccccc3)c2)c2cc(F)ccc21. The Labute approximate surface area is 173 Å².